The van der Waals surface area contributed by atoms with E-state index in [1.165, 1.54) is 19.9 Å². The van der Waals surface area contributed by atoms with E-state index in [1.807, 2.05) is 105 Å². The van der Waals surface area contributed by atoms with Crippen molar-refractivity contribution in [2.45, 2.75) is 101 Å². The number of benzene rings is 3. The molecular formula is C45H54N2O9. The Morgan fingerprint density at radius 3 is 1.88 bits per heavy atom. The van der Waals surface area contributed by atoms with Crippen LogP contribution in [0.1, 0.15) is 77.5 Å². The highest BCUT2D eigenvalue weighted by molar-refractivity contribution is 5.92. The molecule has 298 valence electrons. The third-order valence-electron chi connectivity index (χ3n) is 12.8. The van der Waals surface area contributed by atoms with E-state index in [4.69, 9.17) is 14.2 Å². The molecule has 0 radical (unpaired) electrons. The van der Waals surface area contributed by atoms with Crippen molar-refractivity contribution in [3.05, 3.63) is 120 Å². The molecule has 0 spiro atoms. The molecule has 1 aliphatic heterocycles. The number of ether oxygens (including phenoxy) is 3. The summed E-state index contributed by atoms with van der Waals surface area (Å²) in [6.07, 6.45) is -2.09. The number of Topliss-reactive ketones (excluding diaryl/α,β-unsaturated/α-hetero) is 1. The summed E-state index contributed by atoms with van der Waals surface area (Å²) in [5, 5.41) is 30.8. The number of carbonyl (C=O) groups excluding carboxylic acids is 4. The molecule has 6 rings (SSSR count). The molecule has 2 saturated carbocycles. The van der Waals surface area contributed by atoms with Crippen molar-refractivity contribution in [2.24, 2.45) is 16.7 Å². The van der Waals surface area contributed by atoms with E-state index in [0.29, 0.717) is 6.42 Å². The normalized spacial score (nSPS) is 32.2. The van der Waals surface area contributed by atoms with Gasteiger partial charge in [0.1, 0.15) is 18.2 Å². The number of hydrogen-bond acceptors (Lipinski definition) is 10. The lowest BCUT2D eigenvalue weighted by Crippen LogP contribution is -2.87. The van der Waals surface area contributed by atoms with Crippen LogP contribution < -0.4 is 10.6 Å². The Bertz CT molecular complexity index is 1860. The first-order valence-corrected chi connectivity index (χ1v) is 19.2. The van der Waals surface area contributed by atoms with Crippen LogP contribution in [0.5, 0.6) is 0 Å². The van der Waals surface area contributed by atoms with Gasteiger partial charge in [-0.25, -0.2) is 0 Å². The minimum atomic E-state index is -2.37. The lowest BCUT2D eigenvalue weighted by atomic mass is 9.39. The van der Waals surface area contributed by atoms with Crippen molar-refractivity contribution >= 4 is 23.6 Å². The molecule has 11 heteroatoms. The van der Waals surface area contributed by atoms with E-state index in [1.54, 1.807) is 13.8 Å². The molecule has 11 nitrogen and oxygen atoms in total. The maximum absolute atomic E-state index is 14.3. The highest BCUT2D eigenvalue weighted by Crippen LogP contribution is 2.67. The third kappa shape index (κ3) is 6.58. The zero-order valence-electron chi connectivity index (χ0n) is 33.0. The Balaban J connectivity index is 1.30. The molecule has 0 unspecified atom stereocenters. The molecule has 0 bridgehead atoms. The first-order chi connectivity index (χ1) is 26.4. The van der Waals surface area contributed by atoms with Crippen LogP contribution in [0.15, 0.2) is 104 Å². The molecule has 0 aromatic heterocycles. The van der Waals surface area contributed by atoms with Crippen molar-refractivity contribution in [2.75, 3.05) is 13.1 Å². The van der Waals surface area contributed by atoms with Crippen LogP contribution in [0.4, 0.5) is 0 Å². The second kappa shape index (κ2) is 15.0. The maximum Gasteiger partial charge on any atom is 0.325 e. The molecule has 3 fully saturated rings. The average Bonchev–Trinajstić information content (AvgIpc) is 3.17. The Hall–Kier alpha value is -4.68. The molecule has 56 heavy (non-hydrogen) atoms. The molecular weight excluding hydrogens is 712 g/mol. The van der Waals surface area contributed by atoms with Gasteiger partial charge in [0.25, 0.3) is 0 Å². The zero-order chi connectivity index (χ0) is 40.7. The van der Waals surface area contributed by atoms with Gasteiger partial charge in [0, 0.05) is 24.7 Å². The fourth-order valence-electron chi connectivity index (χ4n) is 10.3. The van der Waals surface area contributed by atoms with Gasteiger partial charge >= 0.3 is 11.9 Å². The van der Waals surface area contributed by atoms with Gasteiger partial charge in [-0.1, -0.05) is 118 Å². The summed E-state index contributed by atoms with van der Waals surface area (Å²) in [4.78, 5) is 54.7. The third-order valence-corrected chi connectivity index (χ3v) is 12.8. The maximum atomic E-state index is 14.3. The smallest absolute Gasteiger partial charge is 0.325 e. The Kier molecular flexibility index (Phi) is 11.0. The standard InChI is InChI=1S/C45H54N2O9/c1-8-41(5)26-34(50)45(53)42(6)33(49)24-25-40(3,4)38(42)37(39(54-29(2)48)43(45,7)56-41)55-36(52)28-46-35(51)27-47-44(30-18-12-9-13-19-30,31-20-14-10-15-21-31)32-22-16-11-17-23-32/h8-23,33,37-39,47,49,53H,1,24-28H2,2-7H3,(H,46,51)/t33-,37-,38-,39-,41-,42-,43+,45-/m0/s1. The lowest BCUT2D eigenvalue weighted by molar-refractivity contribution is -0.370. The summed E-state index contributed by atoms with van der Waals surface area (Å²) in [6.45, 7) is 12.8. The van der Waals surface area contributed by atoms with Crippen molar-refractivity contribution in [1.29, 1.82) is 0 Å². The zero-order valence-corrected chi connectivity index (χ0v) is 33.0. The molecule has 2 aliphatic carbocycles. The van der Waals surface area contributed by atoms with E-state index in [2.05, 4.69) is 17.2 Å². The van der Waals surface area contributed by atoms with E-state index in [-0.39, 0.29) is 19.4 Å². The van der Waals surface area contributed by atoms with Crippen molar-refractivity contribution < 1.29 is 43.6 Å². The van der Waals surface area contributed by atoms with Crippen LogP contribution in [0.2, 0.25) is 0 Å². The summed E-state index contributed by atoms with van der Waals surface area (Å²) < 4.78 is 18.7. The van der Waals surface area contributed by atoms with E-state index < -0.39 is 87.6 Å². The van der Waals surface area contributed by atoms with Gasteiger partial charge in [-0.2, -0.15) is 0 Å². The minimum absolute atomic E-state index is 0.188. The average molecular weight is 767 g/mol. The van der Waals surface area contributed by atoms with Gasteiger partial charge in [-0.05, 0) is 48.8 Å². The quantitative estimate of drug-likeness (QED) is 0.122. The van der Waals surface area contributed by atoms with Crippen molar-refractivity contribution in [3.8, 4) is 0 Å². The SMILES string of the molecule is C=C[C@@]1(C)CC(=O)[C@]2(O)[C@@]3(C)[C@@H](O)CCC(C)(C)[C@@H]3[C@H](OC(=O)CNC(=O)CNC(c3ccccc3)(c3ccccc3)c3ccccc3)[C@H](OC(C)=O)[C@@]2(C)O1. The number of ketones is 1. The number of rotatable bonds is 11. The van der Waals surface area contributed by atoms with Crippen LogP contribution in [0, 0.1) is 16.7 Å². The number of aliphatic hydroxyl groups is 2. The lowest BCUT2D eigenvalue weighted by Gasteiger charge is -2.71. The first-order valence-electron chi connectivity index (χ1n) is 19.2. The van der Waals surface area contributed by atoms with Crippen molar-refractivity contribution in [3.63, 3.8) is 0 Å². The molecule has 3 aromatic carbocycles. The summed E-state index contributed by atoms with van der Waals surface area (Å²) in [5.41, 5.74) is -6.21. The number of amides is 1. The predicted octanol–water partition coefficient (Wildman–Crippen LogP) is 4.77. The Morgan fingerprint density at radius 1 is 0.875 bits per heavy atom. The monoisotopic (exact) mass is 766 g/mol. The summed E-state index contributed by atoms with van der Waals surface area (Å²) in [5.74, 6) is -3.58. The molecule has 8 atom stereocenters. The number of fused-ring (bicyclic) bond motifs is 3. The Morgan fingerprint density at radius 2 is 1.39 bits per heavy atom. The van der Waals surface area contributed by atoms with Crippen molar-refractivity contribution in [1.82, 2.24) is 10.6 Å². The van der Waals surface area contributed by atoms with Gasteiger partial charge < -0.3 is 29.7 Å². The molecule has 3 aliphatic rings. The molecule has 1 saturated heterocycles. The highest BCUT2D eigenvalue weighted by atomic mass is 16.6. The van der Waals surface area contributed by atoms with Crippen LogP contribution in [-0.4, -0.2) is 82.0 Å². The van der Waals surface area contributed by atoms with E-state index in [9.17, 15) is 29.4 Å². The van der Waals surface area contributed by atoms with Gasteiger partial charge in [-0.15, -0.1) is 6.58 Å². The number of hydrogen-bond donors (Lipinski definition) is 4. The van der Waals surface area contributed by atoms with Crippen LogP contribution in [0.3, 0.4) is 0 Å². The largest absolute Gasteiger partial charge is 0.457 e. The predicted molar refractivity (Wildman–Crippen MR) is 209 cm³/mol. The first kappa shape index (κ1) is 41.0. The minimum Gasteiger partial charge on any atom is -0.457 e. The van der Waals surface area contributed by atoms with Gasteiger partial charge in [0.05, 0.1) is 23.8 Å². The van der Waals surface area contributed by atoms with Gasteiger partial charge in [0.2, 0.25) is 5.91 Å². The van der Waals surface area contributed by atoms with Gasteiger partial charge in [0.15, 0.2) is 17.5 Å². The molecule has 1 heterocycles. The van der Waals surface area contributed by atoms with E-state index in [0.717, 1.165) is 16.7 Å². The molecule has 3 aromatic rings. The van der Waals surface area contributed by atoms with Crippen LogP contribution in [0.25, 0.3) is 0 Å². The topological polar surface area (TPSA) is 160 Å². The summed E-state index contributed by atoms with van der Waals surface area (Å²) >= 11 is 0. The number of nitrogens with one attached hydrogen (secondary N) is 2. The molecule has 1 amide bonds. The highest BCUT2D eigenvalue weighted by Gasteiger charge is 2.82. The van der Waals surface area contributed by atoms with E-state index >= 15 is 0 Å². The number of aliphatic hydroxyl groups excluding tert-OH is 1. The number of carbonyl (C=O) groups is 4. The molecule has 4 N–H and O–H groups in total. The van der Waals surface area contributed by atoms with Gasteiger partial charge in [-0.3, -0.25) is 24.5 Å². The second-order valence-electron chi connectivity index (χ2n) is 16.8. The summed E-state index contributed by atoms with van der Waals surface area (Å²) in [7, 11) is 0. The van der Waals surface area contributed by atoms with Crippen LogP contribution >= 0.6 is 0 Å². The number of esters is 2. The fourth-order valence-corrected chi connectivity index (χ4v) is 10.3. The summed E-state index contributed by atoms with van der Waals surface area (Å²) in [6, 6.07) is 29.4. The van der Waals surface area contributed by atoms with Crippen LogP contribution in [-0.2, 0) is 38.9 Å². The second-order valence-corrected chi connectivity index (χ2v) is 16.8. The fraction of sp³-hybridized carbons (Fsp3) is 0.467. The Labute approximate surface area is 328 Å².